The van der Waals surface area contributed by atoms with Gasteiger partial charge in [0, 0.05) is 25.3 Å². The summed E-state index contributed by atoms with van der Waals surface area (Å²) in [6.45, 7) is 0.185. The zero-order valence-electron chi connectivity index (χ0n) is 9.57. The summed E-state index contributed by atoms with van der Waals surface area (Å²) in [5.41, 5.74) is -0.270. The molecular weight excluding hydrogens is 260 g/mol. The minimum absolute atomic E-state index is 0.00145. The monoisotopic (exact) mass is 274 g/mol. The van der Waals surface area contributed by atoms with Crippen LogP contribution in [-0.2, 0) is 10.0 Å². The van der Waals surface area contributed by atoms with Crippen molar-refractivity contribution < 1.29 is 18.4 Å². The third-order valence-electron chi connectivity index (χ3n) is 2.22. The lowest BCUT2D eigenvalue weighted by Crippen LogP contribution is -2.25. The molecule has 0 fully saturated rings. The number of hydrogen-bond acceptors (Lipinski definition) is 5. The maximum Gasteiger partial charge on any atom is 0.270 e. The summed E-state index contributed by atoms with van der Waals surface area (Å²) in [5.74, 6) is 0. The summed E-state index contributed by atoms with van der Waals surface area (Å²) in [4.78, 5) is 9.76. The molecule has 0 bridgehead atoms. The molecule has 0 atom stereocenters. The van der Waals surface area contributed by atoms with E-state index in [0.29, 0.717) is 12.8 Å². The van der Waals surface area contributed by atoms with Gasteiger partial charge in [-0.25, -0.2) is 13.1 Å². The van der Waals surface area contributed by atoms with Crippen LogP contribution in [0, 0.1) is 10.1 Å². The Labute approximate surface area is 105 Å². The van der Waals surface area contributed by atoms with Crippen molar-refractivity contribution in [1.29, 1.82) is 0 Å². The van der Waals surface area contributed by atoms with Gasteiger partial charge in [0.05, 0.1) is 9.82 Å². The van der Waals surface area contributed by atoms with Crippen molar-refractivity contribution in [2.75, 3.05) is 13.2 Å². The number of nitro benzene ring substituents is 1. The molecule has 0 aliphatic carbocycles. The van der Waals surface area contributed by atoms with Crippen molar-refractivity contribution in [3.8, 4) is 0 Å². The number of sulfonamides is 1. The molecule has 0 aliphatic heterocycles. The minimum atomic E-state index is -3.73. The largest absolute Gasteiger partial charge is 0.396 e. The van der Waals surface area contributed by atoms with Crippen molar-refractivity contribution in [1.82, 2.24) is 4.72 Å². The SMILES string of the molecule is O=[N+]([O-])c1cccc(S(=O)(=O)NCCCCO)c1. The number of unbranched alkanes of at least 4 members (excludes halogenated alkanes) is 1. The molecule has 0 saturated carbocycles. The number of nitrogens with one attached hydrogen (secondary N) is 1. The molecule has 8 heteroatoms. The molecule has 18 heavy (non-hydrogen) atoms. The van der Waals surface area contributed by atoms with Crippen molar-refractivity contribution in [2.24, 2.45) is 0 Å². The highest BCUT2D eigenvalue weighted by Gasteiger charge is 2.16. The maximum atomic E-state index is 11.8. The van der Waals surface area contributed by atoms with Crippen LogP contribution in [0.1, 0.15) is 12.8 Å². The highest BCUT2D eigenvalue weighted by molar-refractivity contribution is 7.89. The van der Waals surface area contributed by atoms with E-state index in [-0.39, 0.29) is 23.7 Å². The number of aliphatic hydroxyl groups excluding tert-OH is 1. The van der Waals surface area contributed by atoms with Gasteiger partial charge in [-0.15, -0.1) is 0 Å². The molecule has 0 saturated heterocycles. The summed E-state index contributed by atoms with van der Waals surface area (Å²) in [7, 11) is -3.73. The number of benzene rings is 1. The third-order valence-corrected chi connectivity index (χ3v) is 3.67. The normalized spacial score (nSPS) is 11.4. The van der Waals surface area contributed by atoms with Gasteiger partial charge in [-0.05, 0) is 18.9 Å². The van der Waals surface area contributed by atoms with Crippen LogP contribution in [0.5, 0.6) is 0 Å². The minimum Gasteiger partial charge on any atom is -0.396 e. The van der Waals surface area contributed by atoms with Gasteiger partial charge in [0.1, 0.15) is 0 Å². The number of nitro groups is 1. The van der Waals surface area contributed by atoms with E-state index in [2.05, 4.69) is 4.72 Å². The molecule has 100 valence electrons. The highest BCUT2D eigenvalue weighted by atomic mass is 32.2. The van der Waals surface area contributed by atoms with Crippen LogP contribution in [0.2, 0.25) is 0 Å². The first-order valence-electron chi connectivity index (χ1n) is 5.32. The van der Waals surface area contributed by atoms with E-state index in [9.17, 15) is 18.5 Å². The van der Waals surface area contributed by atoms with E-state index in [1.807, 2.05) is 0 Å². The standard InChI is InChI=1S/C10H14N2O5S/c13-7-2-1-6-11-18(16,17)10-5-3-4-9(8-10)12(14)15/h3-5,8,11,13H,1-2,6-7H2. The molecule has 1 rings (SSSR count). The lowest BCUT2D eigenvalue weighted by Gasteiger charge is -2.05. The summed E-state index contributed by atoms with van der Waals surface area (Å²) < 4.78 is 25.9. The van der Waals surface area contributed by atoms with E-state index < -0.39 is 14.9 Å². The van der Waals surface area contributed by atoms with Crippen LogP contribution < -0.4 is 4.72 Å². The van der Waals surface area contributed by atoms with Gasteiger partial charge >= 0.3 is 0 Å². The van der Waals surface area contributed by atoms with E-state index >= 15 is 0 Å². The van der Waals surface area contributed by atoms with Crippen molar-refractivity contribution in [2.45, 2.75) is 17.7 Å². The molecule has 1 aromatic carbocycles. The Bertz CT molecular complexity index is 515. The number of nitrogens with zero attached hydrogens (tertiary/aromatic N) is 1. The van der Waals surface area contributed by atoms with Crippen LogP contribution in [0.3, 0.4) is 0 Å². The smallest absolute Gasteiger partial charge is 0.270 e. The Balaban J connectivity index is 2.78. The lowest BCUT2D eigenvalue weighted by molar-refractivity contribution is -0.385. The maximum absolute atomic E-state index is 11.8. The summed E-state index contributed by atoms with van der Waals surface area (Å²) >= 11 is 0. The molecule has 2 N–H and O–H groups in total. The first kappa shape index (κ1) is 14.6. The molecule has 0 unspecified atom stereocenters. The Morgan fingerprint density at radius 3 is 2.67 bits per heavy atom. The molecular formula is C10H14N2O5S. The molecule has 0 radical (unpaired) electrons. The van der Waals surface area contributed by atoms with Gasteiger partial charge in [-0.1, -0.05) is 6.07 Å². The number of rotatable bonds is 7. The molecule has 7 nitrogen and oxygen atoms in total. The summed E-state index contributed by atoms with van der Waals surface area (Å²) in [5, 5.41) is 19.1. The summed E-state index contributed by atoms with van der Waals surface area (Å²) in [6, 6.07) is 4.85. The molecule has 0 aliphatic rings. The van der Waals surface area contributed by atoms with E-state index in [1.54, 1.807) is 0 Å². The van der Waals surface area contributed by atoms with Gasteiger partial charge < -0.3 is 5.11 Å². The quantitative estimate of drug-likeness (QED) is 0.431. The van der Waals surface area contributed by atoms with Gasteiger partial charge in [-0.2, -0.15) is 0 Å². The Morgan fingerprint density at radius 1 is 1.33 bits per heavy atom. The van der Waals surface area contributed by atoms with Gasteiger partial charge in [-0.3, -0.25) is 10.1 Å². The fourth-order valence-electron chi connectivity index (χ4n) is 1.29. The number of non-ortho nitro benzene ring substituents is 1. The first-order chi connectivity index (χ1) is 8.47. The van der Waals surface area contributed by atoms with Crippen LogP contribution in [-0.4, -0.2) is 31.6 Å². The van der Waals surface area contributed by atoms with Crippen LogP contribution >= 0.6 is 0 Å². The number of aliphatic hydroxyl groups is 1. The van der Waals surface area contributed by atoms with Crippen molar-refractivity contribution in [3.05, 3.63) is 34.4 Å². The second-order valence-corrected chi connectivity index (χ2v) is 5.35. The molecule has 0 spiro atoms. The van der Waals surface area contributed by atoms with Gasteiger partial charge in [0.25, 0.3) is 5.69 Å². The first-order valence-corrected chi connectivity index (χ1v) is 6.80. The molecule has 1 aromatic rings. The van der Waals surface area contributed by atoms with Crippen molar-refractivity contribution in [3.63, 3.8) is 0 Å². The second kappa shape index (κ2) is 6.43. The Hall–Kier alpha value is -1.51. The fraction of sp³-hybridized carbons (Fsp3) is 0.400. The third kappa shape index (κ3) is 4.06. The average molecular weight is 274 g/mol. The van der Waals surface area contributed by atoms with Gasteiger partial charge in [0.15, 0.2) is 0 Å². The highest BCUT2D eigenvalue weighted by Crippen LogP contribution is 2.16. The summed E-state index contributed by atoms with van der Waals surface area (Å²) in [6.07, 6.45) is 1.00. The van der Waals surface area contributed by atoms with E-state index in [0.717, 1.165) is 6.07 Å². The molecule has 0 aromatic heterocycles. The Morgan fingerprint density at radius 2 is 2.06 bits per heavy atom. The number of hydrogen-bond donors (Lipinski definition) is 2. The predicted octanol–water partition coefficient (Wildman–Crippen LogP) is 0.646. The Kier molecular flexibility index (Phi) is 5.20. The molecule has 0 amide bonds. The molecule has 0 heterocycles. The lowest BCUT2D eigenvalue weighted by atomic mass is 10.3. The van der Waals surface area contributed by atoms with E-state index in [4.69, 9.17) is 5.11 Å². The topological polar surface area (TPSA) is 110 Å². The van der Waals surface area contributed by atoms with Crippen LogP contribution in [0.15, 0.2) is 29.2 Å². The fourth-order valence-corrected chi connectivity index (χ4v) is 2.40. The zero-order valence-corrected chi connectivity index (χ0v) is 10.4. The average Bonchev–Trinajstić information content (AvgIpc) is 2.35. The zero-order chi connectivity index (χ0) is 13.6. The van der Waals surface area contributed by atoms with Gasteiger partial charge in [0.2, 0.25) is 10.0 Å². The van der Waals surface area contributed by atoms with E-state index in [1.165, 1.54) is 18.2 Å². The van der Waals surface area contributed by atoms with Crippen molar-refractivity contribution >= 4 is 15.7 Å². The van der Waals surface area contributed by atoms with Crippen LogP contribution in [0.25, 0.3) is 0 Å². The van der Waals surface area contributed by atoms with Crippen LogP contribution in [0.4, 0.5) is 5.69 Å². The predicted molar refractivity (Wildman–Crippen MR) is 64.6 cm³/mol. The second-order valence-electron chi connectivity index (χ2n) is 3.58.